The molecule has 90 valence electrons. The summed E-state index contributed by atoms with van der Waals surface area (Å²) in [5.74, 6) is 0.771. The Balaban J connectivity index is 2.09. The monoisotopic (exact) mass is 248 g/mol. The lowest BCUT2D eigenvalue weighted by Crippen LogP contribution is -2.01. The smallest absolute Gasteiger partial charge is 0.125 e. The first-order chi connectivity index (χ1) is 8.31. The zero-order valence-electron chi connectivity index (χ0n) is 9.80. The molecule has 0 radical (unpaired) electrons. The second-order valence-electron chi connectivity index (χ2n) is 3.88. The normalized spacial score (nSPS) is 12.4. The molecule has 0 spiro atoms. The van der Waals surface area contributed by atoms with E-state index in [0.29, 0.717) is 13.0 Å². The maximum atomic E-state index is 9.89. The van der Waals surface area contributed by atoms with Crippen LogP contribution in [0.2, 0.25) is 0 Å². The number of hydrogen-bond donors (Lipinski definition) is 1. The summed E-state index contributed by atoms with van der Waals surface area (Å²) in [7, 11) is 0. The summed E-state index contributed by atoms with van der Waals surface area (Å²) in [5.41, 5.74) is 2.03. The van der Waals surface area contributed by atoms with Gasteiger partial charge in [-0.1, -0.05) is 25.1 Å². The maximum absolute atomic E-state index is 9.89. The SMILES string of the molecule is CCC(O)c1ccccc1OCc1ccsc1. The Morgan fingerprint density at radius 1 is 1.29 bits per heavy atom. The second-order valence-corrected chi connectivity index (χ2v) is 4.66. The Kier molecular flexibility index (Phi) is 4.18. The fourth-order valence-corrected chi connectivity index (χ4v) is 2.30. The van der Waals surface area contributed by atoms with Gasteiger partial charge in [-0.3, -0.25) is 0 Å². The van der Waals surface area contributed by atoms with Crippen LogP contribution in [0.1, 0.15) is 30.6 Å². The minimum Gasteiger partial charge on any atom is -0.488 e. The standard InChI is InChI=1S/C14H16O2S/c1-2-13(15)12-5-3-4-6-14(12)16-9-11-7-8-17-10-11/h3-8,10,13,15H,2,9H2,1H3. The Morgan fingerprint density at radius 2 is 2.12 bits per heavy atom. The fraction of sp³-hybridized carbons (Fsp3) is 0.286. The van der Waals surface area contributed by atoms with Crippen LogP contribution in [0.3, 0.4) is 0 Å². The molecule has 1 heterocycles. The van der Waals surface area contributed by atoms with Crippen LogP contribution in [-0.2, 0) is 6.61 Å². The van der Waals surface area contributed by atoms with Gasteiger partial charge in [-0.25, -0.2) is 0 Å². The molecule has 1 N–H and O–H groups in total. The molecule has 2 aromatic rings. The van der Waals surface area contributed by atoms with Crippen LogP contribution in [-0.4, -0.2) is 5.11 Å². The van der Waals surface area contributed by atoms with E-state index >= 15 is 0 Å². The number of para-hydroxylation sites is 1. The van der Waals surface area contributed by atoms with Crippen LogP contribution in [0.25, 0.3) is 0 Å². The number of rotatable bonds is 5. The largest absolute Gasteiger partial charge is 0.488 e. The highest BCUT2D eigenvalue weighted by atomic mass is 32.1. The molecule has 1 aromatic carbocycles. The third-order valence-corrected chi connectivity index (χ3v) is 3.37. The van der Waals surface area contributed by atoms with Crippen molar-refractivity contribution in [3.8, 4) is 5.75 Å². The number of hydrogen-bond acceptors (Lipinski definition) is 3. The predicted molar refractivity (Wildman–Crippen MR) is 70.3 cm³/mol. The molecule has 0 aliphatic carbocycles. The third-order valence-electron chi connectivity index (χ3n) is 2.64. The van der Waals surface area contributed by atoms with Gasteiger partial charge in [-0.05, 0) is 34.9 Å². The van der Waals surface area contributed by atoms with Crippen LogP contribution in [0.5, 0.6) is 5.75 Å². The van der Waals surface area contributed by atoms with E-state index in [9.17, 15) is 5.11 Å². The molecule has 0 amide bonds. The summed E-state index contributed by atoms with van der Waals surface area (Å²) >= 11 is 1.66. The molecule has 3 heteroatoms. The third kappa shape index (κ3) is 3.08. The highest BCUT2D eigenvalue weighted by Gasteiger charge is 2.10. The number of benzene rings is 1. The van der Waals surface area contributed by atoms with Crippen molar-refractivity contribution in [3.05, 3.63) is 52.2 Å². The number of aliphatic hydroxyl groups is 1. The van der Waals surface area contributed by atoms with Crippen molar-refractivity contribution in [3.63, 3.8) is 0 Å². The van der Waals surface area contributed by atoms with Crippen LogP contribution < -0.4 is 4.74 Å². The van der Waals surface area contributed by atoms with E-state index < -0.39 is 6.10 Å². The molecular formula is C14H16O2S. The minimum absolute atomic E-state index is 0.450. The van der Waals surface area contributed by atoms with Crippen molar-refractivity contribution in [1.29, 1.82) is 0 Å². The molecule has 1 aromatic heterocycles. The molecule has 2 rings (SSSR count). The molecule has 1 atom stereocenters. The molecule has 0 aliphatic rings. The molecule has 2 nitrogen and oxygen atoms in total. The van der Waals surface area contributed by atoms with Gasteiger partial charge in [-0.15, -0.1) is 0 Å². The summed E-state index contributed by atoms with van der Waals surface area (Å²) in [6, 6.07) is 9.71. The van der Waals surface area contributed by atoms with Crippen LogP contribution in [0.4, 0.5) is 0 Å². The number of thiophene rings is 1. The maximum Gasteiger partial charge on any atom is 0.125 e. The first-order valence-corrected chi connectivity index (χ1v) is 6.66. The lowest BCUT2D eigenvalue weighted by Gasteiger charge is -2.14. The summed E-state index contributed by atoms with van der Waals surface area (Å²) in [6.07, 6.45) is 0.243. The number of aliphatic hydroxyl groups excluding tert-OH is 1. The first kappa shape index (κ1) is 12.1. The Bertz CT molecular complexity index is 451. The summed E-state index contributed by atoms with van der Waals surface area (Å²) < 4.78 is 5.75. The highest BCUT2D eigenvalue weighted by molar-refractivity contribution is 7.07. The van der Waals surface area contributed by atoms with Gasteiger partial charge in [0.25, 0.3) is 0 Å². The van der Waals surface area contributed by atoms with Gasteiger partial charge in [0, 0.05) is 5.56 Å². The van der Waals surface area contributed by atoms with Gasteiger partial charge >= 0.3 is 0 Å². The molecule has 0 saturated heterocycles. The van der Waals surface area contributed by atoms with Crippen molar-refractivity contribution in [2.45, 2.75) is 26.1 Å². The van der Waals surface area contributed by atoms with E-state index in [1.165, 1.54) is 0 Å². The van der Waals surface area contributed by atoms with Crippen molar-refractivity contribution in [2.75, 3.05) is 0 Å². The molecule has 1 unspecified atom stereocenters. The first-order valence-electron chi connectivity index (χ1n) is 5.72. The summed E-state index contributed by atoms with van der Waals surface area (Å²) in [5, 5.41) is 14.0. The van der Waals surface area contributed by atoms with E-state index in [1.807, 2.05) is 42.6 Å². The van der Waals surface area contributed by atoms with Crippen LogP contribution in [0, 0.1) is 0 Å². The average molecular weight is 248 g/mol. The summed E-state index contributed by atoms with van der Waals surface area (Å²) in [6.45, 7) is 2.51. The van der Waals surface area contributed by atoms with E-state index in [4.69, 9.17) is 4.74 Å². The zero-order chi connectivity index (χ0) is 12.1. The summed E-state index contributed by atoms with van der Waals surface area (Å²) in [4.78, 5) is 0. The van der Waals surface area contributed by atoms with Gasteiger partial charge in [0.15, 0.2) is 0 Å². The Hall–Kier alpha value is -1.32. The molecule has 0 saturated carbocycles. The average Bonchev–Trinajstić information content (AvgIpc) is 2.89. The van der Waals surface area contributed by atoms with E-state index in [-0.39, 0.29) is 0 Å². The van der Waals surface area contributed by atoms with Gasteiger partial charge in [0.2, 0.25) is 0 Å². The van der Waals surface area contributed by atoms with Gasteiger partial charge < -0.3 is 9.84 Å². The fourth-order valence-electron chi connectivity index (χ4n) is 1.64. The predicted octanol–water partition coefficient (Wildman–Crippen LogP) is 3.77. The van der Waals surface area contributed by atoms with Crippen molar-refractivity contribution in [1.82, 2.24) is 0 Å². The van der Waals surface area contributed by atoms with Crippen LogP contribution in [0.15, 0.2) is 41.1 Å². The lowest BCUT2D eigenvalue weighted by atomic mass is 10.1. The van der Waals surface area contributed by atoms with Gasteiger partial charge in [0.1, 0.15) is 12.4 Å². The van der Waals surface area contributed by atoms with Crippen LogP contribution >= 0.6 is 11.3 Å². The highest BCUT2D eigenvalue weighted by Crippen LogP contribution is 2.27. The lowest BCUT2D eigenvalue weighted by molar-refractivity contribution is 0.166. The molecular weight excluding hydrogens is 232 g/mol. The van der Waals surface area contributed by atoms with Gasteiger partial charge in [0.05, 0.1) is 6.10 Å². The molecule has 0 fully saturated rings. The Labute approximate surface area is 105 Å². The van der Waals surface area contributed by atoms with E-state index in [0.717, 1.165) is 16.9 Å². The van der Waals surface area contributed by atoms with Gasteiger partial charge in [-0.2, -0.15) is 11.3 Å². The Morgan fingerprint density at radius 3 is 2.82 bits per heavy atom. The van der Waals surface area contributed by atoms with Crippen molar-refractivity contribution < 1.29 is 9.84 Å². The van der Waals surface area contributed by atoms with E-state index in [1.54, 1.807) is 11.3 Å². The number of ether oxygens (including phenoxy) is 1. The molecule has 17 heavy (non-hydrogen) atoms. The zero-order valence-corrected chi connectivity index (χ0v) is 10.6. The minimum atomic E-state index is -0.450. The quantitative estimate of drug-likeness (QED) is 0.872. The molecule has 0 bridgehead atoms. The van der Waals surface area contributed by atoms with Crippen molar-refractivity contribution >= 4 is 11.3 Å². The molecule has 0 aliphatic heterocycles. The second kappa shape index (κ2) is 5.84. The van der Waals surface area contributed by atoms with E-state index in [2.05, 4.69) is 5.38 Å². The topological polar surface area (TPSA) is 29.5 Å². The van der Waals surface area contributed by atoms with Crippen molar-refractivity contribution in [2.24, 2.45) is 0 Å².